The van der Waals surface area contributed by atoms with Crippen LogP contribution < -0.4 is 9.62 Å². The summed E-state index contributed by atoms with van der Waals surface area (Å²) in [5.74, 6) is -0.246. The average molecular weight is 542 g/mol. The molecular formula is C30H43N3O4S. The predicted molar refractivity (Wildman–Crippen MR) is 154 cm³/mol. The zero-order valence-electron chi connectivity index (χ0n) is 23.5. The number of carbonyl (C=O) groups excluding carboxylic acids is 2. The second kappa shape index (κ2) is 13.3. The van der Waals surface area contributed by atoms with Crippen LogP contribution in [0.1, 0.15) is 74.1 Å². The van der Waals surface area contributed by atoms with Crippen LogP contribution in [0, 0.1) is 20.8 Å². The van der Waals surface area contributed by atoms with Gasteiger partial charge in [0.05, 0.1) is 11.9 Å². The lowest BCUT2D eigenvalue weighted by molar-refractivity contribution is -0.141. The van der Waals surface area contributed by atoms with Crippen LogP contribution in [0.25, 0.3) is 0 Å². The first-order valence-corrected chi connectivity index (χ1v) is 15.6. The predicted octanol–water partition coefficient (Wildman–Crippen LogP) is 5.02. The van der Waals surface area contributed by atoms with E-state index in [4.69, 9.17) is 0 Å². The molecular weight excluding hydrogens is 498 g/mol. The second-order valence-corrected chi connectivity index (χ2v) is 12.5. The third-order valence-electron chi connectivity index (χ3n) is 7.62. The topological polar surface area (TPSA) is 86.8 Å². The summed E-state index contributed by atoms with van der Waals surface area (Å²) < 4.78 is 26.6. The van der Waals surface area contributed by atoms with Gasteiger partial charge in [-0.05, 0) is 80.8 Å². The van der Waals surface area contributed by atoms with Crippen molar-refractivity contribution in [3.63, 3.8) is 0 Å². The Labute approximate surface area is 228 Å². The Morgan fingerprint density at radius 1 is 1.00 bits per heavy atom. The molecule has 0 saturated heterocycles. The molecule has 0 spiro atoms. The van der Waals surface area contributed by atoms with E-state index in [2.05, 4.69) is 5.32 Å². The molecule has 1 saturated carbocycles. The largest absolute Gasteiger partial charge is 0.352 e. The van der Waals surface area contributed by atoms with Gasteiger partial charge in [-0.3, -0.25) is 13.9 Å². The number of nitrogens with zero attached hydrogens (tertiary/aromatic N) is 2. The van der Waals surface area contributed by atoms with Crippen molar-refractivity contribution in [2.75, 3.05) is 17.1 Å². The minimum Gasteiger partial charge on any atom is -0.352 e. The van der Waals surface area contributed by atoms with E-state index in [0.717, 1.165) is 47.9 Å². The Bertz CT molecular complexity index is 1220. The third-order valence-corrected chi connectivity index (χ3v) is 8.81. The zero-order chi connectivity index (χ0) is 27.9. The molecule has 0 bridgehead atoms. The van der Waals surface area contributed by atoms with Crippen molar-refractivity contribution in [1.29, 1.82) is 0 Å². The van der Waals surface area contributed by atoms with Gasteiger partial charge < -0.3 is 10.2 Å². The van der Waals surface area contributed by atoms with E-state index in [1.807, 2.05) is 64.1 Å². The second-order valence-electron chi connectivity index (χ2n) is 10.6. The lowest BCUT2D eigenvalue weighted by atomic mass is 10.0. The van der Waals surface area contributed by atoms with Gasteiger partial charge in [0.25, 0.3) is 0 Å². The van der Waals surface area contributed by atoms with Crippen LogP contribution in [0.15, 0.2) is 42.5 Å². The Balaban J connectivity index is 1.77. The molecule has 1 aliphatic rings. The van der Waals surface area contributed by atoms with Crippen molar-refractivity contribution in [3.05, 3.63) is 64.7 Å². The number of rotatable bonds is 12. The summed E-state index contributed by atoms with van der Waals surface area (Å²) in [7, 11) is -3.52. The van der Waals surface area contributed by atoms with Crippen LogP contribution in [0.4, 0.5) is 5.69 Å². The number of hydrogen-bond acceptors (Lipinski definition) is 4. The fourth-order valence-corrected chi connectivity index (χ4v) is 6.10. The molecule has 1 atom stereocenters. The standard InChI is InChI=1S/C30H43N3O4S/c1-6-28(30(35)31-26-14-9-10-15-26)32(21-25-13-8-7-12-23(25)3)29(34)16-11-19-33(38(5,36)37)27-18-17-22(2)24(4)20-27/h7-8,12-13,17-18,20,26,28H,6,9-11,14-16,19,21H2,1-5H3,(H,31,35)/t28-/m0/s1. The monoisotopic (exact) mass is 541 g/mol. The maximum absolute atomic E-state index is 13.6. The van der Waals surface area contributed by atoms with Gasteiger partial charge in [0, 0.05) is 25.6 Å². The number of hydrogen-bond donors (Lipinski definition) is 1. The van der Waals surface area contributed by atoms with Crippen LogP contribution in [0.2, 0.25) is 0 Å². The number of aryl methyl sites for hydroxylation is 3. The Morgan fingerprint density at radius 2 is 1.68 bits per heavy atom. The molecule has 0 aromatic heterocycles. The van der Waals surface area contributed by atoms with Crippen molar-refractivity contribution < 1.29 is 18.0 Å². The van der Waals surface area contributed by atoms with Gasteiger partial charge in [0.1, 0.15) is 6.04 Å². The van der Waals surface area contributed by atoms with E-state index in [9.17, 15) is 18.0 Å². The molecule has 2 amide bonds. The molecule has 1 fully saturated rings. The minimum atomic E-state index is -3.52. The lowest BCUT2D eigenvalue weighted by Gasteiger charge is -2.32. The fourth-order valence-electron chi connectivity index (χ4n) is 5.14. The molecule has 0 radical (unpaired) electrons. The van der Waals surface area contributed by atoms with E-state index in [0.29, 0.717) is 25.1 Å². The normalized spacial score (nSPS) is 14.8. The van der Waals surface area contributed by atoms with Crippen LogP contribution in [-0.2, 0) is 26.2 Å². The molecule has 0 unspecified atom stereocenters. The maximum Gasteiger partial charge on any atom is 0.243 e. The highest BCUT2D eigenvalue weighted by Crippen LogP contribution is 2.23. The number of sulfonamides is 1. The van der Waals surface area contributed by atoms with Gasteiger partial charge in [-0.15, -0.1) is 0 Å². The summed E-state index contributed by atoms with van der Waals surface area (Å²) in [6.45, 7) is 8.41. The third kappa shape index (κ3) is 7.82. The highest BCUT2D eigenvalue weighted by Gasteiger charge is 2.31. The van der Waals surface area contributed by atoms with Crippen LogP contribution in [0.3, 0.4) is 0 Å². The summed E-state index contributed by atoms with van der Waals surface area (Å²) in [5, 5.41) is 3.17. The minimum absolute atomic E-state index is 0.103. The summed E-state index contributed by atoms with van der Waals surface area (Å²) in [4.78, 5) is 28.6. The average Bonchev–Trinajstić information content (AvgIpc) is 3.37. The van der Waals surface area contributed by atoms with E-state index in [1.54, 1.807) is 11.0 Å². The van der Waals surface area contributed by atoms with Gasteiger partial charge in [-0.1, -0.05) is 50.1 Å². The van der Waals surface area contributed by atoms with Gasteiger partial charge in [-0.2, -0.15) is 0 Å². The molecule has 2 aromatic rings. The SMILES string of the molecule is CC[C@@H](C(=O)NC1CCCC1)N(Cc1ccccc1C)C(=O)CCCN(c1ccc(C)c(C)c1)S(C)(=O)=O. The van der Waals surface area contributed by atoms with Crippen LogP contribution in [0.5, 0.6) is 0 Å². The number of anilines is 1. The number of benzene rings is 2. The van der Waals surface area contributed by atoms with Gasteiger partial charge in [0.15, 0.2) is 0 Å². The molecule has 1 aliphatic carbocycles. The van der Waals surface area contributed by atoms with Crippen molar-refractivity contribution in [1.82, 2.24) is 10.2 Å². The lowest BCUT2D eigenvalue weighted by Crippen LogP contribution is -2.51. The summed E-state index contributed by atoms with van der Waals surface area (Å²) in [6.07, 6.45) is 6.39. The first kappa shape index (κ1) is 29.7. The molecule has 208 valence electrons. The number of nitrogens with one attached hydrogen (secondary N) is 1. The molecule has 8 heteroatoms. The first-order chi connectivity index (χ1) is 18.0. The Kier molecular flexibility index (Phi) is 10.4. The van der Waals surface area contributed by atoms with Gasteiger partial charge in [-0.25, -0.2) is 8.42 Å². The van der Waals surface area contributed by atoms with Crippen molar-refractivity contribution in [2.45, 2.75) is 91.3 Å². The van der Waals surface area contributed by atoms with Crippen LogP contribution in [-0.4, -0.2) is 50.0 Å². The van der Waals surface area contributed by atoms with E-state index in [-0.39, 0.29) is 30.8 Å². The van der Waals surface area contributed by atoms with Crippen molar-refractivity contribution >= 4 is 27.5 Å². The molecule has 38 heavy (non-hydrogen) atoms. The summed E-state index contributed by atoms with van der Waals surface area (Å²) in [6, 6.07) is 13.1. The molecule has 2 aromatic carbocycles. The highest BCUT2D eigenvalue weighted by molar-refractivity contribution is 7.92. The zero-order valence-corrected chi connectivity index (χ0v) is 24.3. The van der Waals surface area contributed by atoms with Crippen LogP contribution >= 0.6 is 0 Å². The van der Waals surface area contributed by atoms with Crippen molar-refractivity contribution in [2.24, 2.45) is 0 Å². The summed E-state index contributed by atoms with van der Waals surface area (Å²) >= 11 is 0. The van der Waals surface area contributed by atoms with E-state index in [1.165, 1.54) is 10.6 Å². The summed E-state index contributed by atoms with van der Waals surface area (Å²) in [5.41, 5.74) is 4.76. The molecule has 1 N–H and O–H groups in total. The Hall–Kier alpha value is -2.87. The number of carbonyl (C=O) groups is 2. The van der Waals surface area contributed by atoms with Gasteiger partial charge in [0.2, 0.25) is 21.8 Å². The van der Waals surface area contributed by atoms with Crippen molar-refractivity contribution in [3.8, 4) is 0 Å². The molecule has 0 heterocycles. The Morgan fingerprint density at radius 3 is 2.29 bits per heavy atom. The smallest absolute Gasteiger partial charge is 0.243 e. The maximum atomic E-state index is 13.6. The van der Waals surface area contributed by atoms with Gasteiger partial charge >= 0.3 is 0 Å². The quantitative estimate of drug-likeness (QED) is 0.409. The molecule has 7 nitrogen and oxygen atoms in total. The van der Waals surface area contributed by atoms with E-state index < -0.39 is 16.1 Å². The molecule has 3 rings (SSSR count). The van der Waals surface area contributed by atoms with E-state index >= 15 is 0 Å². The molecule has 0 aliphatic heterocycles. The highest BCUT2D eigenvalue weighted by atomic mass is 32.2. The first-order valence-electron chi connectivity index (χ1n) is 13.7. The number of amides is 2. The fraction of sp³-hybridized carbons (Fsp3) is 0.533.